The van der Waals surface area contributed by atoms with Crippen LogP contribution >= 0.6 is 11.6 Å². The van der Waals surface area contributed by atoms with E-state index in [-0.39, 0.29) is 11.8 Å². The number of likely N-dealkylation sites (tertiary alicyclic amines) is 1. The SMILES string of the molecule is CNCc1ccc(C(=O)N2CCCC(C(O)(CCCCOC)c3cccc(Cl)c3Cc3cccc(C)c3)C2)cc1. The van der Waals surface area contributed by atoms with Crippen molar-refractivity contribution in [1.82, 2.24) is 10.2 Å². The first-order valence-corrected chi connectivity index (χ1v) is 14.8. The van der Waals surface area contributed by atoms with Crippen molar-refractivity contribution in [3.8, 4) is 0 Å². The molecule has 1 fully saturated rings. The third-order valence-corrected chi connectivity index (χ3v) is 8.52. The number of rotatable bonds is 12. The molecule has 6 heteroatoms. The zero-order valence-corrected chi connectivity index (χ0v) is 24.8. The van der Waals surface area contributed by atoms with E-state index in [1.807, 2.05) is 54.4 Å². The molecule has 1 heterocycles. The highest BCUT2D eigenvalue weighted by atomic mass is 35.5. The van der Waals surface area contributed by atoms with Gasteiger partial charge in [0.1, 0.15) is 0 Å². The first-order valence-electron chi connectivity index (χ1n) is 14.4. The van der Waals surface area contributed by atoms with Crippen LogP contribution in [-0.4, -0.2) is 49.8 Å². The van der Waals surface area contributed by atoms with Gasteiger partial charge in [-0.2, -0.15) is 0 Å². The van der Waals surface area contributed by atoms with Crippen molar-refractivity contribution in [2.45, 2.75) is 57.6 Å². The van der Waals surface area contributed by atoms with Crippen LogP contribution in [0.15, 0.2) is 66.7 Å². The summed E-state index contributed by atoms with van der Waals surface area (Å²) in [4.78, 5) is 15.5. The molecule has 40 heavy (non-hydrogen) atoms. The van der Waals surface area contributed by atoms with Gasteiger partial charge in [0, 0.05) is 49.9 Å². The van der Waals surface area contributed by atoms with Crippen molar-refractivity contribution in [3.05, 3.63) is 105 Å². The van der Waals surface area contributed by atoms with Crippen LogP contribution < -0.4 is 5.32 Å². The zero-order chi connectivity index (χ0) is 28.5. The monoisotopic (exact) mass is 562 g/mol. The third-order valence-electron chi connectivity index (χ3n) is 8.17. The van der Waals surface area contributed by atoms with E-state index in [0.717, 1.165) is 48.9 Å². The molecular formula is C34H43ClN2O3. The molecule has 1 aliphatic heterocycles. The predicted molar refractivity (Wildman–Crippen MR) is 163 cm³/mol. The number of halogens is 1. The fourth-order valence-corrected chi connectivity index (χ4v) is 6.31. The minimum absolute atomic E-state index is 0.0218. The summed E-state index contributed by atoms with van der Waals surface area (Å²) in [6, 6.07) is 22.1. The number of ether oxygens (including phenoxy) is 1. The first kappa shape index (κ1) is 30.3. The smallest absolute Gasteiger partial charge is 0.253 e. The zero-order valence-electron chi connectivity index (χ0n) is 24.1. The van der Waals surface area contributed by atoms with Crippen molar-refractivity contribution in [2.24, 2.45) is 5.92 Å². The van der Waals surface area contributed by atoms with Gasteiger partial charge in [-0.25, -0.2) is 0 Å². The Bertz CT molecular complexity index is 1260. The summed E-state index contributed by atoms with van der Waals surface area (Å²) >= 11 is 6.84. The summed E-state index contributed by atoms with van der Waals surface area (Å²) in [7, 11) is 3.62. The molecule has 2 atom stereocenters. The van der Waals surface area contributed by atoms with Crippen LogP contribution in [0.2, 0.25) is 5.02 Å². The van der Waals surface area contributed by atoms with Gasteiger partial charge >= 0.3 is 0 Å². The average molecular weight is 563 g/mol. The van der Waals surface area contributed by atoms with E-state index in [2.05, 4.69) is 36.5 Å². The van der Waals surface area contributed by atoms with E-state index < -0.39 is 5.60 Å². The summed E-state index contributed by atoms with van der Waals surface area (Å²) in [6.07, 6.45) is 4.61. The number of aryl methyl sites for hydroxylation is 1. The van der Waals surface area contributed by atoms with Gasteiger partial charge in [-0.3, -0.25) is 4.79 Å². The van der Waals surface area contributed by atoms with E-state index in [9.17, 15) is 9.90 Å². The van der Waals surface area contributed by atoms with E-state index >= 15 is 0 Å². The van der Waals surface area contributed by atoms with Crippen LogP contribution in [0.25, 0.3) is 0 Å². The van der Waals surface area contributed by atoms with Crippen LogP contribution in [-0.2, 0) is 23.3 Å². The number of carbonyl (C=O) groups is 1. The largest absolute Gasteiger partial charge is 0.385 e. The van der Waals surface area contributed by atoms with Gasteiger partial charge < -0.3 is 20.1 Å². The lowest BCUT2D eigenvalue weighted by Crippen LogP contribution is -2.48. The fraction of sp³-hybridized carbons (Fsp3) is 0.441. The Hall–Kier alpha value is -2.70. The van der Waals surface area contributed by atoms with Gasteiger partial charge in [-0.1, -0.05) is 65.7 Å². The molecule has 2 N–H and O–H groups in total. The van der Waals surface area contributed by atoms with E-state index in [4.69, 9.17) is 16.3 Å². The molecule has 5 nitrogen and oxygen atoms in total. The first-order chi connectivity index (χ1) is 19.4. The Labute approximate surface area is 244 Å². The summed E-state index contributed by atoms with van der Waals surface area (Å²) in [6.45, 7) is 4.71. The molecule has 2 unspecified atom stereocenters. The highest BCUT2D eigenvalue weighted by Gasteiger charge is 2.42. The number of methoxy groups -OCH3 is 1. The van der Waals surface area contributed by atoms with Crippen LogP contribution in [0, 0.1) is 12.8 Å². The molecule has 0 bridgehead atoms. The van der Waals surface area contributed by atoms with Crippen LogP contribution in [0.5, 0.6) is 0 Å². The molecular weight excluding hydrogens is 520 g/mol. The molecule has 1 amide bonds. The van der Waals surface area contributed by atoms with Gasteiger partial charge in [0.25, 0.3) is 5.91 Å². The maximum atomic E-state index is 13.6. The molecule has 0 aliphatic carbocycles. The number of benzene rings is 3. The third kappa shape index (κ3) is 7.32. The predicted octanol–water partition coefficient (Wildman–Crippen LogP) is 6.52. The second-order valence-electron chi connectivity index (χ2n) is 11.1. The maximum absolute atomic E-state index is 13.6. The van der Waals surface area contributed by atoms with Gasteiger partial charge in [0.15, 0.2) is 0 Å². The lowest BCUT2D eigenvalue weighted by Gasteiger charge is -2.44. The molecule has 0 aromatic heterocycles. The number of aliphatic hydroxyl groups is 1. The minimum Gasteiger partial charge on any atom is -0.385 e. The van der Waals surface area contributed by atoms with E-state index in [0.29, 0.717) is 43.1 Å². The fourth-order valence-electron chi connectivity index (χ4n) is 6.07. The molecule has 4 rings (SSSR count). The minimum atomic E-state index is -1.12. The summed E-state index contributed by atoms with van der Waals surface area (Å²) < 4.78 is 5.30. The van der Waals surface area contributed by atoms with Crippen molar-refractivity contribution < 1.29 is 14.6 Å². The van der Waals surface area contributed by atoms with Crippen molar-refractivity contribution in [1.29, 1.82) is 0 Å². The van der Waals surface area contributed by atoms with Crippen molar-refractivity contribution in [2.75, 3.05) is 33.9 Å². The number of hydrogen-bond donors (Lipinski definition) is 2. The lowest BCUT2D eigenvalue weighted by molar-refractivity contribution is -0.0583. The maximum Gasteiger partial charge on any atom is 0.253 e. The highest BCUT2D eigenvalue weighted by molar-refractivity contribution is 6.31. The van der Waals surface area contributed by atoms with Crippen molar-refractivity contribution in [3.63, 3.8) is 0 Å². The number of nitrogens with one attached hydrogen (secondary N) is 1. The Morgan fingerprint density at radius 2 is 1.88 bits per heavy atom. The Balaban J connectivity index is 1.64. The quantitative estimate of drug-likeness (QED) is 0.247. The van der Waals surface area contributed by atoms with Gasteiger partial charge in [-0.05, 0) is 92.9 Å². The number of carbonyl (C=O) groups excluding carboxylic acids is 1. The topological polar surface area (TPSA) is 61.8 Å². The molecule has 0 spiro atoms. The molecule has 1 saturated heterocycles. The molecule has 3 aromatic carbocycles. The highest BCUT2D eigenvalue weighted by Crippen LogP contribution is 2.43. The van der Waals surface area contributed by atoms with Crippen LogP contribution in [0.1, 0.15) is 70.3 Å². The molecule has 1 aliphatic rings. The Morgan fingerprint density at radius 1 is 1.10 bits per heavy atom. The van der Waals surface area contributed by atoms with Crippen LogP contribution in [0.3, 0.4) is 0 Å². The van der Waals surface area contributed by atoms with Gasteiger partial charge in [0.2, 0.25) is 0 Å². The second-order valence-corrected chi connectivity index (χ2v) is 11.5. The summed E-state index contributed by atoms with van der Waals surface area (Å²) in [5.41, 5.74) is 4.92. The number of nitrogens with zero attached hydrogens (tertiary/aromatic N) is 1. The molecule has 3 aromatic rings. The van der Waals surface area contributed by atoms with Crippen molar-refractivity contribution >= 4 is 17.5 Å². The number of piperidine rings is 1. The Morgan fingerprint density at radius 3 is 2.60 bits per heavy atom. The standard InChI is InChI=1S/C34H43ClN2O3/c1-25-9-6-10-27(21-25)22-30-31(12-7-13-32(30)35)34(39,18-4-5-20-40-3)29-11-8-19-37(24-29)33(38)28-16-14-26(15-17-28)23-36-2/h6-7,9-10,12-17,21,29,36,39H,4-5,8,11,18-20,22-24H2,1-3H3. The van der Waals surface area contributed by atoms with Gasteiger partial charge in [-0.15, -0.1) is 0 Å². The molecule has 0 radical (unpaired) electrons. The van der Waals surface area contributed by atoms with E-state index in [1.54, 1.807) is 7.11 Å². The lowest BCUT2D eigenvalue weighted by atomic mass is 9.72. The summed E-state index contributed by atoms with van der Waals surface area (Å²) in [5, 5.41) is 16.5. The average Bonchev–Trinajstić information content (AvgIpc) is 2.96. The number of unbranched alkanes of at least 4 members (excludes halogenated alkanes) is 1. The van der Waals surface area contributed by atoms with Crippen LogP contribution in [0.4, 0.5) is 0 Å². The Kier molecular flexibility index (Phi) is 10.8. The second kappa shape index (κ2) is 14.3. The normalized spacial score (nSPS) is 17.0. The van der Waals surface area contributed by atoms with E-state index in [1.165, 1.54) is 11.1 Å². The molecule has 214 valence electrons. The number of hydrogen-bond acceptors (Lipinski definition) is 4. The molecule has 0 saturated carbocycles. The number of amides is 1. The van der Waals surface area contributed by atoms with Gasteiger partial charge in [0.05, 0.1) is 5.60 Å². The summed E-state index contributed by atoms with van der Waals surface area (Å²) in [5.74, 6) is -0.0837.